The number of hydrogen-bond donors (Lipinski definition) is 1. The van der Waals surface area contributed by atoms with Crippen molar-refractivity contribution in [1.82, 2.24) is 0 Å². The Morgan fingerprint density at radius 1 is 0.658 bits per heavy atom. The molecular weight excluding hydrogens is 594 g/mol. The van der Waals surface area contributed by atoms with Crippen molar-refractivity contribution in [2.24, 2.45) is 0 Å². The fraction of sp³-hybridized carbons (Fsp3) is 0.333. The SMILES string of the molecule is O=S(=O)(O)C(F)(F)C(Oc1ccc(Oc2c(C(F)(F)F)cc(C(F)(F)F)cc2C(F)(F)F)cc1)C(F)(F)F. The van der Waals surface area contributed by atoms with Gasteiger partial charge in [-0.05, 0) is 36.4 Å². The fourth-order valence-electron chi connectivity index (χ4n) is 2.62. The van der Waals surface area contributed by atoms with E-state index in [4.69, 9.17) is 4.55 Å². The molecule has 0 saturated carbocycles. The minimum Gasteiger partial charge on any atom is -0.473 e. The molecule has 0 fully saturated rings. The summed E-state index contributed by atoms with van der Waals surface area (Å²) in [5, 5.41) is -5.97. The first-order chi connectivity index (χ1) is 16.8. The second kappa shape index (κ2) is 9.62. The van der Waals surface area contributed by atoms with E-state index >= 15 is 0 Å². The average molecular weight is 602 g/mol. The molecule has 0 heterocycles. The molecule has 1 atom stereocenters. The van der Waals surface area contributed by atoms with Crippen molar-refractivity contribution in [1.29, 1.82) is 0 Å². The predicted octanol–water partition coefficient (Wildman–Crippen LogP) is 7.33. The molecule has 5 nitrogen and oxygen atoms in total. The lowest BCUT2D eigenvalue weighted by Crippen LogP contribution is -2.53. The van der Waals surface area contributed by atoms with Crippen molar-refractivity contribution in [2.75, 3.05) is 0 Å². The summed E-state index contributed by atoms with van der Waals surface area (Å²) < 4.78 is 223. The monoisotopic (exact) mass is 602 g/mol. The quantitative estimate of drug-likeness (QED) is 0.277. The number of benzene rings is 2. The van der Waals surface area contributed by atoms with E-state index in [0.29, 0.717) is 0 Å². The highest BCUT2D eigenvalue weighted by atomic mass is 32.2. The molecule has 0 radical (unpaired) electrons. The molecule has 0 aliphatic carbocycles. The normalized spacial score (nSPS) is 14.8. The molecule has 0 amide bonds. The predicted molar refractivity (Wildman–Crippen MR) is 94.9 cm³/mol. The molecule has 0 saturated heterocycles. The molecule has 0 aliphatic heterocycles. The van der Waals surface area contributed by atoms with Gasteiger partial charge in [0.1, 0.15) is 11.5 Å². The summed E-state index contributed by atoms with van der Waals surface area (Å²) in [6.45, 7) is 0. The third kappa shape index (κ3) is 6.88. The molecule has 1 N–H and O–H groups in total. The van der Waals surface area contributed by atoms with Crippen molar-refractivity contribution in [3.8, 4) is 17.2 Å². The standard InChI is InChI=1S/C18H8F14O5S/c19-14(20,21)7-5-10(15(22,23)24)12(11(6-7)16(25,26)27)36-8-1-3-9(4-2-8)37-13(17(28,29)30)18(31,32)38(33,34)35/h1-6,13H,(H,33,34,35). The van der Waals surface area contributed by atoms with Crippen molar-refractivity contribution in [3.63, 3.8) is 0 Å². The third-order valence-corrected chi connectivity index (χ3v) is 5.17. The molecule has 0 aliphatic rings. The van der Waals surface area contributed by atoms with Gasteiger partial charge in [0, 0.05) is 0 Å². The van der Waals surface area contributed by atoms with E-state index in [-0.39, 0.29) is 24.3 Å². The maximum atomic E-state index is 13.6. The zero-order valence-corrected chi connectivity index (χ0v) is 18.1. The third-order valence-electron chi connectivity index (χ3n) is 4.27. The van der Waals surface area contributed by atoms with Gasteiger partial charge in [-0.2, -0.15) is 69.9 Å². The molecule has 0 bridgehead atoms. The van der Waals surface area contributed by atoms with E-state index in [1.165, 1.54) is 0 Å². The van der Waals surface area contributed by atoms with E-state index in [1.54, 1.807) is 0 Å². The maximum absolute atomic E-state index is 13.6. The van der Waals surface area contributed by atoms with Gasteiger partial charge in [0.2, 0.25) is 0 Å². The first-order valence-electron chi connectivity index (χ1n) is 9.02. The molecule has 38 heavy (non-hydrogen) atoms. The Balaban J connectivity index is 2.56. The van der Waals surface area contributed by atoms with Crippen LogP contribution in [0.4, 0.5) is 61.5 Å². The van der Waals surface area contributed by atoms with Crippen LogP contribution in [-0.2, 0) is 28.6 Å². The maximum Gasteiger partial charge on any atom is 0.432 e. The summed E-state index contributed by atoms with van der Waals surface area (Å²) in [6.07, 6.45) is -28.0. The molecule has 1 unspecified atom stereocenters. The van der Waals surface area contributed by atoms with Crippen LogP contribution in [-0.4, -0.2) is 30.5 Å². The Hall–Kier alpha value is -3.03. The van der Waals surface area contributed by atoms with Gasteiger partial charge in [-0.1, -0.05) is 0 Å². The van der Waals surface area contributed by atoms with Gasteiger partial charge in [-0.15, -0.1) is 0 Å². The van der Waals surface area contributed by atoms with Crippen LogP contribution in [0.25, 0.3) is 0 Å². The zero-order chi connectivity index (χ0) is 29.7. The second-order valence-electron chi connectivity index (χ2n) is 7.04. The van der Waals surface area contributed by atoms with Gasteiger partial charge >= 0.3 is 40.1 Å². The molecule has 2 rings (SSSR count). The van der Waals surface area contributed by atoms with Gasteiger partial charge < -0.3 is 9.47 Å². The molecule has 0 aromatic heterocycles. The minimum absolute atomic E-state index is 0.207. The summed E-state index contributed by atoms with van der Waals surface area (Å²) in [5.41, 5.74) is -7.42. The fourth-order valence-corrected chi connectivity index (χ4v) is 3.08. The average Bonchev–Trinajstić information content (AvgIpc) is 2.68. The number of rotatable bonds is 6. The van der Waals surface area contributed by atoms with Crippen LogP contribution >= 0.6 is 0 Å². The van der Waals surface area contributed by atoms with E-state index in [0.717, 1.165) is 0 Å². The lowest BCUT2D eigenvalue weighted by molar-refractivity contribution is -0.239. The van der Waals surface area contributed by atoms with Crippen molar-refractivity contribution >= 4 is 10.1 Å². The Bertz CT molecular complexity index is 1220. The summed E-state index contributed by atoms with van der Waals surface area (Å²) in [7, 11) is -6.70. The van der Waals surface area contributed by atoms with Gasteiger partial charge in [0.25, 0.3) is 6.10 Å². The van der Waals surface area contributed by atoms with Crippen molar-refractivity contribution in [2.45, 2.75) is 36.1 Å². The zero-order valence-electron chi connectivity index (χ0n) is 17.3. The Labute approximate surface area is 201 Å². The highest BCUT2D eigenvalue weighted by molar-refractivity contribution is 7.86. The summed E-state index contributed by atoms with van der Waals surface area (Å²) in [6, 6.07) is -0.420. The summed E-state index contributed by atoms with van der Waals surface area (Å²) in [5.74, 6) is -4.56. The number of ether oxygens (including phenoxy) is 2. The smallest absolute Gasteiger partial charge is 0.432 e. The first-order valence-corrected chi connectivity index (χ1v) is 10.5. The van der Waals surface area contributed by atoms with Crippen LogP contribution in [0.5, 0.6) is 17.2 Å². The molecule has 2 aromatic rings. The first kappa shape index (κ1) is 31.2. The van der Waals surface area contributed by atoms with E-state index in [1.807, 2.05) is 0 Å². The number of hydrogen-bond acceptors (Lipinski definition) is 4. The van der Waals surface area contributed by atoms with E-state index in [2.05, 4.69) is 9.47 Å². The Kier molecular flexibility index (Phi) is 7.89. The molecule has 214 valence electrons. The van der Waals surface area contributed by atoms with Crippen molar-refractivity contribution < 1.29 is 83.9 Å². The Morgan fingerprint density at radius 3 is 1.37 bits per heavy atom. The van der Waals surface area contributed by atoms with E-state index in [9.17, 15) is 69.9 Å². The summed E-state index contributed by atoms with van der Waals surface area (Å²) >= 11 is 0. The molecule has 20 heteroatoms. The second-order valence-corrected chi connectivity index (χ2v) is 8.54. The Morgan fingerprint density at radius 2 is 1.05 bits per heavy atom. The van der Waals surface area contributed by atoms with Gasteiger partial charge in [-0.3, -0.25) is 4.55 Å². The molecular formula is C18H8F14O5S. The largest absolute Gasteiger partial charge is 0.473 e. The lowest BCUT2D eigenvalue weighted by Gasteiger charge is -2.27. The van der Waals surface area contributed by atoms with Gasteiger partial charge in [-0.25, -0.2) is 0 Å². The van der Waals surface area contributed by atoms with Crippen LogP contribution in [0.1, 0.15) is 16.7 Å². The number of alkyl halides is 14. The van der Waals surface area contributed by atoms with E-state index < -0.39 is 92.3 Å². The minimum atomic E-state index is -6.70. The highest BCUT2D eigenvalue weighted by Crippen LogP contribution is 2.49. The van der Waals surface area contributed by atoms with Crippen LogP contribution in [0.3, 0.4) is 0 Å². The van der Waals surface area contributed by atoms with Crippen LogP contribution in [0.2, 0.25) is 0 Å². The van der Waals surface area contributed by atoms with Crippen LogP contribution in [0.15, 0.2) is 36.4 Å². The summed E-state index contributed by atoms with van der Waals surface area (Å²) in [4.78, 5) is 0. The molecule has 0 spiro atoms. The number of halogens is 14. The van der Waals surface area contributed by atoms with Gasteiger partial charge in [0.15, 0.2) is 5.75 Å². The lowest BCUT2D eigenvalue weighted by atomic mass is 10.0. The van der Waals surface area contributed by atoms with Crippen LogP contribution in [0, 0.1) is 0 Å². The molecule has 2 aromatic carbocycles. The van der Waals surface area contributed by atoms with Crippen molar-refractivity contribution in [3.05, 3.63) is 53.1 Å². The van der Waals surface area contributed by atoms with Gasteiger partial charge in [0.05, 0.1) is 16.7 Å². The topological polar surface area (TPSA) is 72.8 Å². The van der Waals surface area contributed by atoms with Crippen LogP contribution < -0.4 is 9.47 Å². The highest BCUT2D eigenvalue weighted by Gasteiger charge is 2.65.